The first kappa shape index (κ1) is 10.9. The quantitative estimate of drug-likeness (QED) is 0.571. The smallest absolute Gasteiger partial charge is 0.213 e. The van der Waals surface area contributed by atoms with E-state index in [4.69, 9.17) is 5.73 Å². The molecule has 0 bridgehead atoms. The second-order valence-corrected chi connectivity index (χ2v) is 3.99. The van der Waals surface area contributed by atoms with Crippen LogP contribution in [0.3, 0.4) is 0 Å². The van der Waals surface area contributed by atoms with E-state index in [-0.39, 0.29) is 0 Å². The molecule has 6 heteroatoms. The topological polar surface area (TPSA) is 89.3 Å². The molecule has 1 fully saturated rings. The fraction of sp³-hybridized carbons (Fsp3) is 0.700. The van der Waals surface area contributed by atoms with Crippen LogP contribution in [0.4, 0.5) is 0 Å². The minimum atomic E-state index is 0.508. The first-order valence-corrected chi connectivity index (χ1v) is 5.66. The van der Waals surface area contributed by atoms with Crippen molar-refractivity contribution >= 4 is 5.96 Å². The highest BCUT2D eigenvalue weighted by atomic mass is 16.5. The first-order chi connectivity index (χ1) is 7.84. The van der Waals surface area contributed by atoms with Gasteiger partial charge in [0.15, 0.2) is 11.8 Å². The lowest BCUT2D eigenvalue weighted by molar-refractivity contribution is 0.410. The van der Waals surface area contributed by atoms with Crippen molar-refractivity contribution in [3.05, 3.63) is 12.2 Å². The van der Waals surface area contributed by atoms with Gasteiger partial charge >= 0.3 is 0 Å². The third kappa shape index (κ3) is 3.22. The monoisotopic (exact) mass is 223 g/mol. The third-order valence-corrected chi connectivity index (χ3v) is 2.73. The summed E-state index contributed by atoms with van der Waals surface area (Å²) in [6, 6.07) is 0.508. The summed E-state index contributed by atoms with van der Waals surface area (Å²) in [5, 5.41) is 6.92. The SMILES string of the molecule is NC(=NCCc1ncon1)NC1CCCC1. The van der Waals surface area contributed by atoms with E-state index >= 15 is 0 Å². The van der Waals surface area contributed by atoms with E-state index < -0.39 is 0 Å². The Labute approximate surface area is 94.3 Å². The van der Waals surface area contributed by atoms with E-state index in [1.807, 2.05) is 0 Å². The third-order valence-electron chi connectivity index (χ3n) is 2.73. The molecule has 0 radical (unpaired) electrons. The molecule has 2 rings (SSSR count). The summed E-state index contributed by atoms with van der Waals surface area (Å²) >= 11 is 0. The van der Waals surface area contributed by atoms with Crippen molar-refractivity contribution in [1.82, 2.24) is 15.5 Å². The molecule has 1 saturated carbocycles. The molecule has 88 valence electrons. The average molecular weight is 223 g/mol. The predicted octanol–water partition coefficient (Wildman–Crippen LogP) is 0.459. The lowest BCUT2D eigenvalue weighted by atomic mass is 10.2. The van der Waals surface area contributed by atoms with Crippen LogP contribution in [0.2, 0.25) is 0 Å². The molecule has 0 spiro atoms. The highest BCUT2D eigenvalue weighted by Crippen LogP contribution is 2.17. The molecular weight excluding hydrogens is 206 g/mol. The molecule has 3 N–H and O–H groups in total. The zero-order chi connectivity index (χ0) is 11.2. The van der Waals surface area contributed by atoms with Gasteiger partial charge in [0.1, 0.15) is 0 Å². The van der Waals surface area contributed by atoms with Gasteiger partial charge in [-0.05, 0) is 12.8 Å². The van der Waals surface area contributed by atoms with Crippen molar-refractivity contribution in [2.24, 2.45) is 10.7 Å². The zero-order valence-electron chi connectivity index (χ0n) is 9.22. The maximum absolute atomic E-state index is 5.77. The Bertz CT molecular complexity index is 329. The van der Waals surface area contributed by atoms with Crippen LogP contribution in [0.1, 0.15) is 31.5 Å². The average Bonchev–Trinajstić information content (AvgIpc) is 2.90. The van der Waals surface area contributed by atoms with Crippen molar-refractivity contribution in [1.29, 1.82) is 0 Å². The first-order valence-electron chi connectivity index (χ1n) is 5.66. The number of nitrogens with one attached hydrogen (secondary N) is 1. The van der Waals surface area contributed by atoms with Crippen LogP contribution in [0.25, 0.3) is 0 Å². The Hall–Kier alpha value is -1.59. The van der Waals surface area contributed by atoms with E-state index in [0.717, 1.165) is 0 Å². The summed E-state index contributed by atoms with van der Waals surface area (Å²) in [5.41, 5.74) is 5.77. The molecule has 0 aliphatic heterocycles. The maximum Gasteiger partial charge on any atom is 0.213 e. The van der Waals surface area contributed by atoms with Crippen LogP contribution in [-0.4, -0.2) is 28.7 Å². The van der Waals surface area contributed by atoms with Crippen molar-refractivity contribution in [2.75, 3.05) is 6.54 Å². The van der Waals surface area contributed by atoms with E-state index in [1.165, 1.54) is 32.1 Å². The van der Waals surface area contributed by atoms with Gasteiger partial charge in [0.25, 0.3) is 0 Å². The minimum Gasteiger partial charge on any atom is -0.370 e. The van der Waals surface area contributed by atoms with Gasteiger partial charge in [0.2, 0.25) is 6.39 Å². The number of aliphatic imine (C=N–C) groups is 1. The second-order valence-electron chi connectivity index (χ2n) is 3.99. The number of nitrogens with zero attached hydrogens (tertiary/aromatic N) is 3. The number of hydrogen-bond donors (Lipinski definition) is 2. The second kappa shape index (κ2) is 5.48. The molecule has 0 amide bonds. The lowest BCUT2D eigenvalue weighted by Crippen LogP contribution is -2.38. The van der Waals surface area contributed by atoms with Gasteiger partial charge in [-0.15, -0.1) is 0 Å². The molecule has 6 nitrogen and oxygen atoms in total. The largest absolute Gasteiger partial charge is 0.370 e. The highest BCUT2D eigenvalue weighted by Gasteiger charge is 2.14. The molecule has 1 aliphatic rings. The van der Waals surface area contributed by atoms with E-state index in [9.17, 15) is 0 Å². The zero-order valence-corrected chi connectivity index (χ0v) is 9.22. The predicted molar refractivity (Wildman–Crippen MR) is 59.9 cm³/mol. The molecule has 0 atom stereocenters. The Balaban J connectivity index is 1.69. The minimum absolute atomic E-state index is 0.508. The van der Waals surface area contributed by atoms with Gasteiger partial charge < -0.3 is 15.6 Å². The summed E-state index contributed by atoms with van der Waals surface area (Å²) in [4.78, 5) is 8.13. The van der Waals surface area contributed by atoms with Crippen LogP contribution in [-0.2, 0) is 6.42 Å². The number of rotatable bonds is 4. The lowest BCUT2D eigenvalue weighted by Gasteiger charge is -2.11. The van der Waals surface area contributed by atoms with Gasteiger partial charge in [0, 0.05) is 19.0 Å². The molecule has 0 unspecified atom stereocenters. The maximum atomic E-state index is 5.77. The van der Waals surface area contributed by atoms with Crippen molar-refractivity contribution in [3.63, 3.8) is 0 Å². The Morgan fingerprint density at radius 1 is 1.56 bits per heavy atom. The van der Waals surface area contributed by atoms with Crippen LogP contribution >= 0.6 is 0 Å². The summed E-state index contributed by atoms with van der Waals surface area (Å²) < 4.78 is 4.62. The Morgan fingerprint density at radius 2 is 2.38 bits per heavy atom. The number of aromatic nitrogens is 2. The highest BCUT2D eigenvalue weighted by molar-refractivity contribution is 5.78. The van der Waals surface area contributed by atoms with Crippen LogP contribution in [0, 0.1) is 0 Å². The molecule has 1 aliphatic carbocycles. The van der Waals surface area contributed by atoms with Gasteiger partial charge in [0.05, 0.1) is 0 Å². The van der Waals surface area contributed by atoms with Crippen LogP contribution in [0.5, 0.6) is 0 Å². The van der Waals surface area contributed by atoms with Crippen LogP contribution < -0.4 is 11.1 Å². The van der Waals surface area contributed by atoms with E-state index in [2.05, 4.69) is 25.0 Å². The Kier molecular flexibility index (Phi) is 3.74. The van der Waals surface area contributed by atoms with Crippen molar-refractivity contribution < 1.29 is 4.52 Å². The van der Waals surface area contributed by atoms with E-state index in [1.54, 1.807) is 0 Å². The van der Waals surface area contributed by atoms with Crippen LogP contribution in [0.15, 0.2) is 15.9 Å². The summed E-state index contributed by atoms with van der Waals surface area (Å²) in [7, 11) is 0. The normalized spacial score (nSPS) is 17.9. The molecule has 0 saturated heterocycles. The van der Waals surface area contributed by atoms with Crippen molar-refractivity contribution in [2.45, 2.75) is 38.1 Å². The molecule has 1 aromatic rings. The molecule has 1 aromatic heterocycles. The summed E-state index contributed by atoms with van der Waals surface area (Å²) in [6.07, 6.45) is 6.94. The summed E-state index contributed by atoms with van der Waals surface area (Å²) in [6.45, 7) is 0.588. The van der Waals surface area contributed by atoms with Gasteiger partial charge in [-0.3, -0.25) is 4.99 Å². The van der Waals surface area contributed by atoms with Crippen molar-refractivity contribution in [3.8, 4) is 0 Å². The number of guanidine groups is 1. The fourth-order valence-electron chi connectivity index (χ4n) is 1.90. The molecule has 0 aromatic carbocycles. The molecule has 16 heavy (non-hydrogen) atoms. The molecular formula is C10H17N5O. The Morgan fingerprint density at radius 3 is 3.06 bits per heavy atom. The molecule has 1 heterocycles. The number of nitrogens with two attached hydrogens (primary N) is 1. The standard InChI is InChI=1S/C10H17N5O/c11-10(14-8-3-1-2-4-8)12-6-5-9-13-7-16-15-9/h7-8H,1-6H2,(H3,11,12,14). The van der Waals surface area contributed by atoms with Gasteiger partial charge in [-0.1, -0.05) is 18.0 Å². The van der Waals surface area contributed by atoms with Gasteiger partial charge in [-0.2, -0.15) is 4.98 Å². The fourth-order valence-corrected chi connectivity index (χ4v) is 1.90. The van der Waals surface area contributed by atoms with E-state index in [0.29, 0.717) is 30.8 Å². The number of hydrogen-bond acceptors (Lipinski definition) is 4. The summed E-state index contributed by atoms with van der Waals surface area (Å²) in [5.74, 6) is 1.19. The van der Waals surface area contributed by atoms with Gasteiger partial charge in [-0.25, -0.2) is 0 Å².